The molecule has 0 aliphatic carbocycles. The molecular formula is C13H14ClN3O4. The molecule has 1 fully saturated rings. The van der Waals surface area contributed by atoms with E-state index in [4.69, 9.17) is 25.7 Å². The van der Waals surface area contributed by atoms with Crippen molar-refractivity contribution in [2.45, 2.75) is 19.8 Å². The Morgan fingerprint density at radius 1 is 1.43 bits per heavy atom. The summed E-state index contributed by atoms with van der Waals surface area (Å²) in [4.78, 5) is 20.8. The van der Waals surface area contributed by atoms with Crippen molar-refractivity contribution in [2.75, 3.05) is 13.1 Å². The maximum Gasteiger partial charge on any atom is 0.535 e. The molecular weight excluding hydrogens is 298 g/mol. The molecule has 0 N–H and O–H groups in total. The van der Waals surface area contributed by atoms with Crippen LogP contribution in [0, 0.1) is 5.92 Å². The summed E-state index contributed by atoms with van der Waals surface area (Å²) >= 11 is 5.74. The van der Waals surface area contributed by atoms with Crippen molar-refractivity contribution in [1.82, 2.24) is 15.2 Å². The quantitative estimate of drug-likeness (QED) is 0.623. The van der Waals surface area contributed by atoms with Crippen LogP contribution in [0.5, 0.6) is 5.88 Å². The first kappa shape index (κ1) is 14.1. The molecule has 2 aromatic heterocycles. The molecule has 1 saturated heterocycles. The van der Waals surface area contributed by atoms with Gasteiger partial charge in [0.1, 0.15) is 10.5 Å². The summed E-state index contributed by atoms with van der Waals surface area (Å²) in [7, 11) is 0. The number of ether oxygens (including phenoxy) is 1. The highest BCUT2D eigenvalue weighted by Gasteiger charge is 2.22. The third kappa shape index (κ3) is 3.25. The lowest BCUT2D eigenvalue weighted by Gasteiger charge is -2.27. The number of pyridine rings is 1. The highest BCUT2D eigenvalue weighted by molar-refractivity contribution is 6.29. The van der Waals surface area contributed by atoms with Gasteiger partial charge in [0, 0.05) is 13.1 Å². The molecule has 0 saturated carbocycles. The van der Waals surface area contributed by atoms with E-state index in [2.05, 4.69) is 17.1 Å². The van der Waals surface area contributed by atoms with E-state index in [1.54, 1.807) is 17.2 Å². The molecule has 0 aromatic carbocycles. The number of aromatic nitrogens is 2. The number of carbonyl (C=O) groups is 1. The molecule has 0 atom stereocenters. The predicted octanol–water partition coefficient (Wildman–Crippen LogP) is 3.04. The first-order chi connectivity index (χ1) is 10.1. The lowest BCUT2D eigenvalue weighted by Crippen LogP contribution is -2.35. The van der Waals surface area contributed by atoms with Crippen molar-refractivity contribution in [2.24, 2.45) is 5.92 Å². The predicted molar refractivity (Wildman–Crippen MR) is 73.9 cm³/mol. The topological polar surface area (TPSA) is 77.7 Å². The third-order valence-corrected chi connectivity index (χ3v) is 3.61. The summed E-state index contributed by atoms with van der Waals surface area (Å²) < 4.78 is 9.99. The van der Waals surface area contributed by atoms with E-state index in [9.17, 15) is 4.79 Å². The smallest absolute Gasteiger partial charge is 0.371 e. The zero-order chi connectivity index (χ0) is 14.8. The molecule has 1 aliphatic rings. The van der Waals surface area contributed by atoms with Crippen molar-refractivity contribution in [3.8, 4) is 5.88 Å². The summed E-state index contributed by atoms with van der Waals surface area (Å²) in [5.41, 5.74) is 0.206. The lowest BCUT2D eigenvalue weighted by atomic mass is 10.0. The van der Waals surface area contributed by atoms with Crippen molar-refractivity contribution >= 4 is 28.9 Å². The molecule has 3 heterocycles. The second-order valence-corrected chi connectivity index (χ2v) is 5.42. The minimum Gasteiger partial charge on any atom is -0.371 e. The number of halogens is 1. The normalized spacial score (nSPS) is 17.0. The Morgan fingerprint density at radius 3 is 2.95 bits per heavy atom. The van der Waals surface area contributed by atoms with Crippen LogP contribution in [0.4, 0.5) is 4.79 Å². The Hall–Kier alpha value is -1.86. The molecule has 1 aliphatic heterocycles. The fraction of sp³-hybridized carbons (Fsp3) is 0.462. The Balaban J connectivity index is 1.63. The van der Waals surface area contributed by atoms with Gasteiger partial charge in [-0.25, -0.2) is 4.79 Å². The number of nitrogens with zero attached hydrogens (tertiary/aromatic N) is 3. The lowest BCUT2D eigenvalue weighted by molar-refractivity contribution is -0.132. The van der Waals surface area contributed by atoms with Gasteiger partial charge in [0.25, 0.3) is 11.6 Å². The zero-order valence-electron chi connectivity index (χ0n) is 11.4. The summed E-state index contributed by atoms with van der Waals surface area (Å²) in [6, 6.07) is 3.18. The van der Waals surface area contributed by atoms with Crippen molar-refractivity contribution < 1.29 is 18.9 Å². The van der Waals surface area contributed by atoms with Gasteiger partial charge in [-0.2, -0.15) is 4.98 Å². The second kappa shape index (κ2) is 5.87. The minimum absolute atomic E-state index is 0.0181. The van der Waals surface area contributed by atoms with Crippen LogP contribution in [0.15, 0.2) is 16.7 Å². The zero-order valence-corrected chi connectivity index (χ0v) is 12.2. The van der Waals surface area contributed by atoms with Crippen LogP contribution in [0.1, 0.15) is 19.8 Å². The van der Waals surface area contributed by atoms with Crippen LogP contribution in [-0.2, 0) is 4.84 Å². The fourth-order valence-electron chi connectivity index (χ4n) is 2.14. The van der Waals surface area contributed by atoms with Gasteiger partial charge in [0.15, 0.2) is 0 Å². The van der Waals surface area contributed by atoms with Crippen LogP contribution >= 0.6 is 11.6 Å². The van der Waals surface area contributed by atoms with E-state index in [1.807, 2.05) is 0 Å². The van der Waals surface area contributed by atoms with E-state index in [0.717, 1.165) is 12.8 Å². The Kier molecular flexibility index (Phi) is 3.94. The standard InChI is InChI=1S/C13H14ClN3O4/c1-8-4-6-17(7-5-8)21-13(18)19-12-9-2-3-10(14)15-11(9)20-16-12/h2-3,8H,4-7H2,1H3. The molecule has 112 valence electrons. The molecule has 7 nitrogen and oxygen atoms in total. The van der Waals surface area contributed by atoms with Gasteiger partial charge in [0.05, 0.1) is 0 Å². The average molecular weight is 312 g/mol. The number of fused-ring (bicyclic) bond motifs is 1. The molecule has 2 aromatic rings. The number of hydrogen-bond acceptors (Lipinski definition) is 7. The summed E-state index contributed by atoms with van der Waals surface area (Å²) in [5, 5.41) is 5.98. The molecule has 21 heavy (non-hydrogen) atoms. The van der Waals surface area contributed by atoms with Gasteiger partial charge in [-0.3, -0.25) is 0 Å². The van der Waals surface area contributed by atoms with E-state index in [1.165, 1.54) is 0 Å². The Labute approximate surface area is 125 Å². The van der Waals surface area contributed by atoms with Crippen LogP contribution in [0.25, 0.3) is 11.1 Å². The monoisotopic (exact) mass is 311 g/mol. The van der Waals surface area contributed by atoms with Gasteiger partial charge in [0.2, 0.25) is 0 Å². The highest BCUT2D eigenvalue weighted by atomic mass is 35.5. The van der Waals surface area contributed by atoms with E-state index < -0.39 is 6.16 Å². The molecule has 0 spiro atoms. The molecule has 0 bridgehead atoms. The number of hydroxylamine groups is 2. The maximum absolute atomic E-state index is 11.8. The number of piperidine rings is 1. The first-order valence-electron chi connectivity index (χ1n) is 6.68. The molecule has 0 unspecified atom stereocenters. The van der Waals surface area contributed by atoms with Crippen LogP contribution in [0.3, 0.4) is 0 Å². The van der Waals surface area contributed by atoms with Crippen LogP contribution in [0.2, 0.25) is 5.15 Å². The van der Waals surface area contributed by atoms with Crippen LogP contribution in [-0.4, -0.2) is 34.4 Å². The molecule has 8 heteroatoms. The van der Waals surface area contributed by atoms with Gasteiger partial charge in [-0.05, 0) is 36.0 Å². The molecule has 0 radical (unpaired) electrons. The van der Waals surface area contributed by atoms with Crippen LogP contribution < -0.4 is 4.74 Å². The Morgan fingerprint density at radius 2 is 2.19 bits per heavy atom. The summed E-state index contributed by atoms with van der Waals surface area (Å²) in [6.45, 7) is 3.58. The van der Waals surface area contributed by atoms with Gasteiger partial charge < -0.3 is 14.1 Å². The van der Waals surface area contributed by atoms with Gasteiger partial charge in [-0.1, -0.05) is 18.5 Å². The van der Waals surface area contributed by atoms with E-state index in [-0.39, 0.29) is 16.7 Å². The van der Waals surface area contributed by atoms with Gasteiger partial charge in [-0.15, -0.1) is 5.06 Å². The van der Waals surface area contributed by atoms with Crippen molar-refractivity contribution in [3.05, 3.63) is 17.3 Å². The minimum atomic E-state index is -0.838. The SMILES string of the molecule is CC1CCN(OC(=O)Oc2noc3nc(Cl)ccc23)CC1. The molecule has 3 rings (SSSR count). The van der Waals surface area contributed by atoms with E-state index in [0.29, 0.717) is 24.4 Å². The number of rotatable bonds is 2. The third-order valence-electron chi connectivity index (χ3n) is 3.40. The van der Waals surface area contributed by atoms with E-state index >= 15 is 0 Å². The largest absolute Gasteiger partial charge is 0.535 e. The molecule has 0 amide bonds. The highest BCUT2D eigenvalue weighted by Crippen LogP contribution is 2.25. The fourth-order valence-corrected chi connectivity index (χ4v) is 2.28. The summed E-state index contributed by atoms with van der Waals surface area (Å²) in [6.07, 6.45) is 1.14. The average Bonchev–Trinajstić information content (AvgIpc) is 2.83. The summed E-state index contributed by atoms with van der Waals surface area (Å²) in [5.74, 6) is 0.667. The van der Waals surface area contributed by atoms with Gasteiger partial charge >= 0.3 is 6.16 Å². The second-order valence-electron chi connectivity index (χ2n) is 5.03. The number of carbonyl (C=O) groups excluding carboxylic acids is 1. The first-order valence-corrected chi connectivity index (χ1v) is 7.06. The number of hydrogen-bond donors (Lipinski definition) is 0. The van der Waals surface area contributed by atoms with Crippen molar-refractivity contribution in [3.63, 3.8) is 0 Å². The van der Waals surface area contributed by atoms with Crippen molar-refractivity contribution in [1.29, 1.82) is 0 Å². The maximum atomic E-state index is 11.8. The Bertz CT molecular complexity index is 652.